The first-order valence-corrected chi connectivity index (χ1v) is 12.6. The summed E-state index contributed by atoms with van der Waals surface area (Å²) in [5, 5.41) is 5.76. The minimum atomic E-state index is -4.10. The number of anilines is 1. The highest BCUT2D eigenvalue weighted by molar-refractivity contribution is 7.87. The molecule has 1 aliphatic rings. The molecule has 0 spiro atoms. The molecule has 7 nitrogen and oxygen atoms in total. The summed E-state index contributed by atoms with van der Waals surface area (Å²) in [6, 6.07) is 18.9. The van der Waals surface area contributed by atoms with Gasteiger partial charge in [0.05, 0.1) is 24.1 Å². The average Bonchev–Trinajstić information content (AvgIpc) is 3.14. The molecule has 0 atom stereocenters. The van der Waals surface area contributed by atoms with E-state index in [4.69, 9.17) is 8.92 Å². The van der Waals surface area contributed by atoms with Crippen LogP contribution in [0.5, 0.6) is 11.5 Å². The molecule has 0 saturated carbocycles. The third-order valence-corrected chi connectivity index (χ3v) is 6.85. The van der Waals surface area contributed by atoms with E-state index in [9.17, 15) is 13.2 Å². The molecule has 0 bridgehead atoms. The Bertz CT molecular complexity index is 1470. The fourth-order valence-electron chi connectivity index (χ4n) is 3.78. The number of amides is 1. The first-order chi connectivity index (χ1) is 17.2. The van der Waals surface area contributed by atoms with Gasteiger partial charge in [0.25, 0.3) is 5.91 Å². The maximum atomic E-state index is 13.1. The number of hydrazone groups is 1. The van der Waals surface area contributed by atoms with E-state index in [2.05, 4.69) is 11.7 Å². The molecule has 8 heteroatoms. The number of nitrogens with zero attached hydrogens (tertiary/aromatic N) is 2. The minimum absolute atomic E-state index is 0.0373. The maximum Gasteiger partial charge on any atom is 0.339 e. The summed E-state index contributed by atoms with van der Waals surface area (Å²) in [6.07, 6.45) is 3.67. The van der Waals surface area contributed by atoms with Gasteiger partial charge in [-0.2, -0.15) is 18.5 Å². The fraction of sp³-hybridized carbons (Fsp3) is 0.143. The topological polar surface area (TPSA) is 85.3 Å². The number of hydrogen-bond acceptors (Lipinski definition) is 6. The summed E-state index contributed by atoms with van der Waals surface area (Å²) in [7, 11) is -2.67. The summed E-state index contributed by atoms with van der Waals surface area (Å²) in [5.74, 6) is 0.0382. The van der Waals surface area contributed by atoms with Crippen LogP contribution < -0.4 is 13.9 Å². The molecule has 0 fully saturated rings. The Balaban J connectivity index is 1.72. The molecule has 4 rings (SSSR count). The molecule has 0 unspecified atom stereocenters. The lowest BCUT2D eigenvalue weighted by Gasteiger charge is -2.16. The largest absolute Gasteiger partial charge is 0.493 e. The molecule has 1 aliphatic heterocycles. The van der Waals surface area contributed by atoms with Crippen LogP contribution in [-0.4, -0.2) is 27.1 Å². The van der Waals surface area contributed by atoms with Crippen LogP contribution in [-0.2, 0) is 21.3 Å². The molecule has 3 aromatic carbocycles. The summed E-state index contributed by atoms with van der Waals surface area (Å²) < 4.78 is 37.0. The zero-order valence-corrected chi connectivity index (χ0v) is 21.1. The summed E-state index contributed by atoms with van der Waals surface area (Å²) in [6.45, 7) is 7.41. The highest BCUT2D eigenvalue weighted by atomic mass is 32.2. The van der Waals surface area contributed by atoms with Crippen LogP contribution in [0.1, 0.15) is 23.6 Å². The lowest BCUT2D eigenvalue weighted by Crippen LogP contribution is -2.21. The van der Waals surface area contributed by atoms with E-state index in [-0.39, 0.29) is 22.3 Å². The summed E-state index contributed by atoms with van der Waals surface area (Å²) in [5.41, 5.74) is 3.77. The molecule has 0 saturated heterocycles. The van der Waals surface area contributed by atoms with Gasteiger partial charge in [-0.15, -0.1) is 6.58 Å². The predicted molar refractivity (Wildman–Crippen MR) is 141 cm³/mol. The van der Waals surface area contributed by atoms with Crippen LogP contribution in [0.15, 0.2) is 95.0 Å². The number of para-hydroxylation sites is 1. The van der Waals surface area contributed by atoms with Crippen LogP contribution in [0.2, 0.25) is 0 Å². The third kappa shape index (κ3) is 5.08. The van der Waals surface area contributed by atoms with E-state index in [1.54, 1.807) is 43.3 Å². The number of rotatable bonds is 8. The number of carbonyl (C=O) groups excluding carboxylic acids is 1. The van der Waals surface area contributed by atoms with Crippen LogP contribution in [0.3, 0.4) is 0 Å². The van der Waals surface area contributed by atoms with Crippen molar-refractivity contribution < 1.29 is 22.1 Å². The summed E-state index contributed by atoms with van der Waals surface area (Å²) in [4.78, 5) is 13.2. The highest BCUT2D eigenvalue weighted by Gasteiger charge is 2.29. The normalized spacial score (nSPS) is 14.6. The van der Waals surface area contributed by atoms with Crippen molar-refractivity contribution in [2.45, 2.75) is 25.2 Å². The van der Waals surface area contributed by atoms with E-state index < -0.39 is 10.1 Å². The Hall–Kier alpha value is -4.17. The van der Waals surface area contributed by atoms with Gasteiger partial charge in [0, 0.05) is 5.56 Å². The van der Waals surface area contributed by atoms with Gasteiger partial charge < -0.3 is 8.92 Å². The van der Waals surface area contributed by atoms with E-state index in [1.165, 1.54) is 24.3 Å². The van der Waals surface area contributed by atoms with E-state index in [1.807, 2.05) is 37.3 Å². The lowest BCUT2D eigenvalue weighted by atomic mass is 10.0. The van der Waals surface area contributed by atoms with Gasteiger partial charge in [-0.25, -0.2) is 0 Å². The van der Waals surface area contributed by atoms with Crippen molar-refractivity contribution in [2.75, 3.05) is 12.1 Å². The zero-order valence-electron chi connectivity index (χ0n) is 20.3. The number of allylic oxidation sites excluding steroid dienone is 1. The van der Waals surface area contributed by atoms with Gasteiger partial charge in [0.2, 0.25) is 0 Å². The Morgan fingerprint density at radius 3 is 2.36 bits per heavy atom. The number of methoxy groups -OCH3 is 1. The highest BCUT2D eigenvalue weighted by Crippen LogP contribution is 2.37. The number of hydrogen-bond donors (Lipinski definition) is 0. The smallest absolute Gasteiger partial charge is 0.339 e. The molecule has 0 aliphatic carbocycles. The van der Waals surface area contributed by atoms with E-state index in [0.29, 0.717) is 34.5 Å². The number of carbonyl (C=O) groups is 1. The Kier molecular flexibility index (Phi) is 7.07. The van der Waals surface area contributed by atoms with Crippen LogP contribution in [0.4, 0.5) is 5.69 Å². The fourth-order valence-corrected chi connectivity index (χ4v) is 4.75. The average molecular weight is 503 g/mol. The first-order valence-electron chi connectivity index (χ1n) is 11.2. The second-order valence-electron chi connectivity index (χ2n) is 8.25. The number of aryl methyl sites for hydroxylation is 1. The molecule has 0 radical (unpaired) electrons. The van der Waals surface area contributed by atoms with Crippen molar-refractivity contribution >= 4 is 33.5 Å². The molecular formula is C28H26N2O5S. The Morgan fingerprint density at radius 1 is 1.03 bits per heavy atom. The van der Waals surface area contributed by atoms with Crippen molar-refractivity contribution in [3.8, 4) is 11.5 Å². The van der Waals surface area contributed by atoms with E-state index in [0.717, 1.165) is 5.56 Å². The molecule has 1 heterocycles. The molecule has 1 amide bonds. The lowest BCUT2D eigenvalue weighted by molar-refractivity contribution is -0.114. The van der Waals surface area contributed by atoms with Crippen molar-refractivity contribution in [3.63, 3.8) is 0 Å². The molecular weight excluding hydrogens is 476 g/mol. The third-order valence-electron chi connectivity index (χ3n) is 5.62. The molecule has 0 N–H and O–H groups in total. The predicted octanol–water partition coefficient (Wildman–Crippen LogP) is 5.31. The molecule has 3 aromatic rings. The monoisotopic (exact) mass is 502 g/mol. The molecule has 184 valence electrons. The van der Waals surface area contributed by atoms with Crippen molar-refractivity contribution in [1.29, 1.82) is 0 Å². The van der Waals surface area contributed by atoms with Crippen molar-refractivity contribution in [1.82, 2.24) is 0 Å². The van der Waals surface area contributed by atoms with Gasteiger partial charge in [-0.3, -0.25) is 4.79 Å². The molecule has 0 aromatic heterocycles. The second-order valence-corrected chi connectivity index (χ2v) is 9.80. The van der Waals surface area contributed by atoms with Gasteiger partial charge in [0.1, 0.15) is 4.90 Å². The van der Waals surface area contributed by atoms with Crippen molar-refractivity contribution in [2.24, 2.45) is 5.10 Å². The van der Waals surface area contributed by atoms with Crippen LogP contribution in [0.25, 0.3) is 6.08 Å². The van der Waals surface area contributed by atoms with Crippen molar-refractivity contribution in [3.05, 3.63) is 102 Å². The molecule has 36 heavy (non-hydrogen) atoms. The Labute approximate surface area is 211 Å². The van der Waals surface area contributed by atoms with Crippen LogP contribution in [0, 0.1) is 6.92 Å². The maximum absolute atomic E-state index is 13.1. The van der Waals surface area contributed by atoms with Gasteiger partial charge in [-0.05, 0) is 68.3 Å². The quantitative estimate of drug-likeness (QED) is 0.237. The van der Waals surface area contributed by atoms with Crippen LogP contribution >= 0.6 is 0 Å². The van der Waals surface area contributed by atoms with E-state index >= 15 is 0 Å². The standard InChI is InChI=1S/C28H26N2O5S/c1-5-9-22-16-21(17-25-20(3)29-30(28(25)31)23-10-7-6-8-11-23)18-26(34-4)27(22)35-36(32,33)24-14-12-19(2)13-15-24/h5-8,10-18H,1,9H2,2-4H3/b25-17+. The zero-order chi connectivity index (χ0) is 25.9. The van der Waals surface area contributed by atoms with Gasteiger partial charge in [-0.1, -0.05) is 42.0 Å². The minimum Gasteiger partial charge on any atom is -0.493 e. The summed E-state index contributed by atoms with van der Waals surface area (Å²) >= 11 is 0. The Morgan fingerprint density at radius 2 is 1.72 bits per heavy atom. The second kappa shape index (κ2) is 10.2. The SMILES string of the molecule is C=CCc1cc(/C=C2/C(=O)N(c3ccccc3)N=C2C)cc(OC)c1OS(=O)(=O)c1ccc(C)cc1. The van der Waals surface area contributed by atoms with Gasteiger partial charge in [0.15, 0.2) is 11.5 Å². The van der Waals surface area contributed by atoms with Gasteiger partial charge >= 0.3 is 10.1 Å². The number of benzene rings is 3. The first kappa shape index (κ1) is 24.9. The number of ether oxygens (including phenoxy) is 1.